The number of H-pyrrole nitrogens is 1. The van der Waals surface area contributed by atoms with Crippen LogP contribution in [0.15, 0.2) is 20.9 Å². The molecule has 0 aliphatic heterocycles. The van der Waals surface area contributed by atoms with Gasteiger partial charge in [-0.25, -0.2) is 18.1 Å². The summed E-state index contributed by atoms with van der Waals surface area (Å²) in [5.41, 5.74) is -0.577. The molecular formula is C12H15BrClN3O3S2. The Hall–Kier alpha value is -0.610. The van der Waals surface area contributed by atoms with Gasteiger partial charge >= 0.3 is 0 Å². The van der Waals surface area contributed by atoms with Crippen LogP contribution in [0, 0.1) is 0 Å². The smallest absolute Gasteiger partial charge is 0.273 e. The van der Waals surface area contributed by atoms with E-state index in [-0.39, 0.29) is 10.2 Å². The third-order valence-corrected chi connectivity index (χ3v) is 7.65. The van der Waals surface area contributed by atoms with Crippen LogP contribution in [0.1, 0.15) is 32.4 Å². The second-order valence-corrected chi connectivity index (χ2v) is 9.09. The third kappa shape index (κ3) is 3.48. The normalized spacial score (nSPS) is 12.6. The number of nitrogens with zero attached hydrogens (tertiary/aromatic N) is 1. The van der Waals surface area contributed by atoms with Crippen LogP contribution in [0.3, 0.4) is 0 Å². The minimum absolute atomic E-state index is 0.0518. The van der Waals surface area contributed by atoms with E-state index in [0.29, 0.717) is 27.3 Å². The van der Waals surface area contributed by atoms with Gasteiger partial charge in [0.2, 0.25) is 5.95 Å². The van der Waals surface area contributed by atoms with Gasteiger partial charge < -0.3 is 10.1 Å². The summed E-state index contributed by atoms with van der Waals surface area (Å²) in [6, 6.07) is 1.42. The molecule has 0 atom stereocenters. The lowest BCUT2D eigenvalue weighted by Crippen LogP contribution is -2.24. The Morgan fingerprint density at radius 1 is 1.50 bits per heavy atom. The third-order valence-electron chi connectivity index (χ3n) is 3.37. The number of hydrogen-bond acceptors (Lipinski definition) is 5. The molecule has 0 amide bonds. The minimum atomic E-state index is -3.78. The zero-order valence-electron chi connectivity index (χ0n) is 11.9. The van der Waals surface area contributed by atoms with Crippen LogP contribution >= 0.6 is 38.9 Å². The standard InChI is InChI=1S/C12H15BrClN3O3S2/c1-3-12(18,4-2)8-6-15-11(16-8)17-22(19,20)9-5-7(13)10(14)21-9/h5-6,18H,3-4H2,1-2H3,(H2,15,16,17). The number of sulfonamides is 1. The number of hydrogen-bond donors (Lipinski definition) is 3. The summed E-state index contributed by atoms with van der Waals surface area (Å²) in [7, 11) is -3.78. The molecule has 0 aromatic carbocycles. The zero-order chi connectivity index (χ0) is 16.5. The number of imidazole rings is 1. The van der Waals surface area contributed by atoms with Crippen molar-refractivity contribution < 1.29 is 13.5 Å². The van der Waals surface area contributed by atoms with Crippen LogP contribution in [0.2, 0.25) is 4.34 Å². The first-order valence-electron chi connectivity index (χ1n) is 6.47. The van der Waals surface area contributed by atoms with Crippen molar-refractivity contribution >= 4 is 54.8 Å². The highest BCUT2D eigenvalue weighted by Gasteiger charge is 2.28. The Morgan fingerprint density at radius 2 is 2.14 bits per heavy atom. The maximum absolute atomic E-state index is 12.3. The van der Waals surface area contributed by atoms with Crippen molar-refractivity contribution in [2.75, 3.05) is 4.72 Å². The number of aromatic amines is 1. The van der Waals surface area contributed by atoms with E-state index in [1.807, 2.05) is 13.8 Å². The van der Waals surface area contributed by atoms with Crippen molar-refractivity contribution in [3.63, 3.8) is 0 Å². The summed E-state index contributed by atoms with van der Waals surface area (Å²) in [6.07, 6.45) is 2.42. The Labute approximate surface area is 146 Å². The van der Waals surface area contributed by atoms with Gasteiger partial charge in [-0.1, -0.05) is 25.4 Å². The van der Waals surface area contributed by atoms with Crippen LogP contribution in [-0.2, 0) is 15.6 Å². The largest absolute Gasteiger partial charge is 0.384 e. The molecule has 2 aromatic rings. The highest BCUT2D eigenvalue weighted by Crippen LogP contribution is 2.35. The number of aromatic nitrogens is 2. The maximum atomic E-state index is 12.3. The quantitative estimate of drug-likeness (QED) is 0.654. The molecule has 0 bridgehead atoms. The number of thiophene rings is 1. The Balaban J connectivity index is 2.26. The first-order chi connectivity index (χ1) is 10.2. The molecule has 0 spiro atoms. The molecule has 0 aliphatic carbocycles. The summed E-state index contributed by atoms with van der Waals surface area (Å²) >= 11 is 9.97. The molecule has 10 heteroatoms. The fourth-order valence-electron chi connectivity index (χ4n) is 1.88. The van der Waals surface area contributed by atoms with E-state index >= 15 is 0 Å². The SMILES string of the molecule is CCC(O)(CC)c1cnc(NS(=O)(=O)c2cc(Br)c(Cl)s2)[nH]1. The van der Waals surface area contributed by atoms with Crippen LogP contribution in [0.4, 0.5) is 5.95 Å². The molecule has 22 heavy (non-hydrogen) atoms. The number of halogens is 2. The Bertz CT molecular complexity index is 749. The lowest BCUT2D eigenvalue weighted by Gasteiger charge is -2.23. The van der Waals surface area contributed by atoms with E-state index in [9.17, 15) is 13.5 Å². The van der Waals surface area contributed by atoms with Crippen molar-refractivity contribution in [2.45, 2.75) is 36.5 Å². The van der Waals surface area contributed by atoms with E-state index in [1.165, 1.54) is 12.3 Å². The van der Waals surface area contributed by atoms with E-state index in [1.54, 1.807) is 0 Å². The van der Waals surface area contributed by atoms with E-state index in [4.69, 9.17) is 11.6 Å². The van der Waals surface area contributed by atoms with E-state index in [2.05, 4.69) is 30.6 Å². The zero-order valence-corrected chi connectivity index (χ0v) is 15.8. The van der Waals surface area contributed by atoms with E-state index in [0.717, 1.165) is 11.3 Å². The minimum Gasteiger partial charge on any atom is -0.384 e. The van der Waals surface area contributed by atoms with Crippen LogP contribution in [-0.4, -0.2) is 23.5 Å². The van der Waals surface area contributed by atoms with Crippen LogP contribution < -0.4 is 4.72 Å². The van der Waals surface area contributed by atoms with Gasteiger partial charge in [0, 0.05) is 4.47 Å². The molecule has 122 valence electrons. The molecule has 0 fully saturated rings. The maximum Gasteiger partial charge on any atom is 0.273 e. The van der Waals surface area contributed by atoms with Crippen molar-refractivity contribution in [1.29, 1.82) is 0 Å². The molecule has 3 N–H and O–H groups in total. The predicted octanol–water partition coefficient (Wildman–Crippen LogP) is 3.70. The molecule has 2 rings (SSSR count). The molecule has 6 nitrogen and oxygen atoms in total. The second-order valence-electron chi connectivity index (χ2n) is 4.68. The average molecular weight is 429 g/mol. The van der Waals surface area contributed by atoms with Gasteiger partial charge in [0.1, 0.15) is 14.1 Å². The van der Waals surface area contributed by atoms with Crippen molar-refractivity contribution in [2.24, 2.45) is 0 Å². The van der Waals surface area contributed by atoms with E-state index < -0.39 is 15.6 Å². The average Bonchev–Trinajstić information content (AvgIpc) is 3.06. The second kappa shape index (κ2) is 6.48. The van der Waals surface area contributed by atoms with Gasteiger partial charge in [0.25, 0.3) is 10.0 Å². The highest BCUT2D eigenvalue weighted by molar-refractivity contribution is 9.10. The van der Waals surface area contributed by atoms with Gasteiger partial charge in [0.15, 0.2) is 0 Å². The monoisotopic (exact) mass is 427 g/mol. The van der Waals surface area contributed by atoms with Crippen molar-refractivity contribution in [1.82, 2.24) is 9.97 Å². The van der Waals surface area contributed by atoms with Gasteiger partial charge in [-0.15, -0.1) is 11.3 Å². The summed E-state index contributed by atoms with van der Waals surface area (Å²) in [6.45, 7) is 3.69. The molecule has 0 aliphatic rings. The molecule has 2 aromatic heterocycles. The summed E-state index contributed by atoms with van der Waals surface area (Å²) < 4.78 is 27.8. The number of rotatable bonds is 6. The fourth-order valence-corrected chi connectivity index (χ4v) is 5.15. The topological polar surface area (TPSA) is 95.1 Å². The number of anilines is 1. The predicted molar refractivity (Wildman–Crippen MR) is 90.9 cm³/mol. The molecule has 0 radical (unpaired) electrons. The van der Waals surface area contributed by atoms with Gasteiger partial charge in [-0.2, -0.15) is 0 Å². The first-order valence-corrected chi connectivity index (χ1v) is 9.94. The van der Waals surface area contributed by atoms with Crippen LogP contribution in [0.5, 0.6) is 0 Å². The summed E-state index contributed by atoms with van der Waals surface area (Å²) in [5, 5.41) is 10.4. The molecule has 0 unspecified atom stereocenters. The number of nitrogens with one attached hydrogen (secondary N) is 2. The van der Waals surface area contributed by atoms with Gasteiger partial charge in [0.05, 0.1) is 11.9 Å². The Morgan fingerprint density at radius 3 is 2.64 bits per heavy atom. The lowest BCUT2D eigenvalue weighted by molar-refractivity contribution is 0.0245. The van der Waals surface area contributed by atoms with Gasteiger partial charge in [-0.3, -0.25) is 0 Å². The lowest BCUT2D eigenvalue weighted by atomic mass is 9.94. The van der Waals surface area contributed by atoms with Gasteiger partial charge in [-0.05, 0) is 34.8 Å². The van der Waals surface area contributed by atoms with Crippen molar-refractivity contribution in [3.8, 4) is 0 Å². The first kappa shape index (κ1) is 17.7. The highest BCUT2D eigenvalue weighted by atomic mass is 79.9. The molecule has 0 saturated heterocycles. The summed E-state index contributed by atoms with van der Waals surface area (Å²) in [5.74, 6) is 0.0518. The van der Waals surface area contributed by atoms with Crippen molar-refractivity contribution in [3.05, 3.63) is 26.8 Å². The summed E-state index contributed by atoms with van der Waals surface area (Å²) in [4.78, 5) is 6.78. The number of aliphatic hydroxyl groups is 1. The molecular weight excluding hydrogens is 414 g/mol. The van der Waals surface area contributed by atoms with Crippen LogP contribution in [0.25, 0.3) is 0 Å². The molecule has 2 heterocycles. The Kier molecular flexibility index (Phi) is 5.23. The fraction of sp³-hybridized carbons (Fsp3) is 0.417. The molecule has 0 saturated carbocycles.